The van der Waals surface area contributed by atoms with Crippen LogP contribution in [0.25, 0.3) is 0 Å². The molecule has 0 heterocycles. The summed E-state index contributed by atoms with van der Waals surface area (Å²) in [6, 6.07) is 10.0. The molecule has 0 amide bonds. The van der Waals surface area contributed by atoms with E-state index in [-0.39, 0.29) is 10.8 Å². The Balaban J connectivity index is 2.05. The molecule has 0 aliphatic heterocycles. The van der Waals surface area contributed by atoms with Crippen LogP contribution in [0.15, 0.2) is 40.9 Å². The Kier molecular flexibility index (Phi) is 5.67. The Morgan fingerprint density at radius 3 is 2.52 bits per heavy atom. The standard InChI is InChI=1S/C14H10BrCl2F2NO/c15-11-5-9(16)2-1-8(11)7-20-10-3-4-13(12(17)6-10)21-14(18)19/h1-6,14,20H,7H2. The van der Waals surface area contributed by atoms with Crippen LogP contribution in [0.2, 0.25) is 10.0 Å². The molecule has 1 N–H and O–H groups in total. The first-order valence-corrected chi connectivity index (χ1v) is 7.43. The van der Waals surface area contributed by atoms with Gasteiger partial charge in [-0.1, -0.05) is 45.2 Å². The Morgan fingerprint density at radius 1 is 1.14 bits per heavy atom. The second-order valence-electron chi connectivity index (χ2n) is 4.11. The number of halogens is 5. The van der Waals surface area contributed by atoms with Crippen molar-refractivity contribution in [3.63, 3.8) is 0 Å². The lowest BCUT2D eigenvalue weighted by atomic mass is 10.2. The van der Waals surface area contributed by atoms with Crippen LogP contribution in [-0.4, -0.2) is 6.61 Å². The van der Waals surface area contributed by atoms with E-state index in [9.17, 15) is 8.78 Å². The topological polar surface area (TPSA) is 21.3 Å². The van der Waals surface area contributed by atoms with Gasteiger partial charge in [-0.3, -0.25) is 0 Å². The summed E-state index contributed by atoms with van der Waals surface area (Å²) in [7, 11) is 0. The molecule has 2 nitrogen and oxygen atoms in total. The maximum atomic E-state index is 12.1. The highest BCUT2D eigenvalue weighted by Gasteiger charge is 2.09. The van der Waals surface area contributed by atoms with Crippen molar-refractivity contribution in [1.29, 1.82) is 0 Å². The Morgan fingerprint density at radius 2 is 1.90 bits per heavy atom. The fraction of sp³-hybridized carbons (Fsp3) is 0.143. The number of rotatable bonds is 5. The van der Waals surface area contributed by atoms with E-state index in [4.69, 9.17) is 23.2 Å². The predicted molar refractivity (Wildman–Crippen MR) is 84.6 cm³/mol. The van der Waals surface area contributed by atoms with E-state index >= 15 is 0 Å². The first kappa shape index (κ1) is 16.3. The van der Waals surface area contributed by atoms with Gasteiger partial charge in [-0.15, -0.1) is 0 Å². The SMILES string of the molecule is FC(F)Oc1ccc(NCc2ccc(Cl)cc2Br)cc1Cl. The molecule has 2 aromatic carbocycles. The summed E-state index contributed by atoms with van der Waals surface area (Å²) < 4.78 is 29.4. The third kappa shape index (κ3) is 4.73. The lowest BCUT2D eigenvalue weighted by Gasteiger charge is -2.11. The van der Waals surface area contributed by atoms with Crippen molar-refractivity contribution in [1.82, 2.24) is 0 Å². The van der Waals surface area contributed by atoms with Crippen LogP contribution in [0.5, 0.6) is 5.75 Å². The molecular formula is C14H10BrCl2F2NO. The molecule has 2 aromatic rings. The fourth-order valence-corrected chi connectivity index (χ4v) is 2.71. The van der Waals surface area contributed by atoms with Crippen LogP contribution in [0.1, 0.15) is 5.56 Å². The first-order valence-electron chi connectivity index (χ1n) is 5.88. The molecule has 7 heteroatoms. The second-order valence-corrected chi connectivity index (χ2v) is 5.81. The van der Waals surface area contributed by atoms with Gasteiger partial charge in [0.25, 0.3) is 0 Å². The molecule has 0 aliphatic rings. The highest BCUT2D eigenvalue weighted by molar-refractivity contribution is 9.10. The van der Waals surface area contributed by atoms with Crippen LogP contribution in [0, 0.1) is 0 Å². The highest BCUT2D eigenvalue weighted by atomic mass is 79.9. The number of hydrogen-bond donors (Lipinski definition) is 1. The molecule has 0 aliphatic carbocycles. The third-order valence-corrected chi connectivity index (χ3v) is 3.91. The Hall–Kier alpha value is -1.04. The van der Waals surface area contributed by atoms with Crippen LogP contribution < -0.4 is 10.1 Å². The van der Waals surface area contributed by atoms with Gasteiger partial charge in [0.1, 0.15) is 5.75 Å². The summed E-state index contributed by atoms with van der Waals surface area (Å²) in [5, 5.41) is 3.90. The van der Waals surface area contributed by atoms with Gasteiger partial charge in [0.15, 0.2) is 0 Å². The molecule has 0 atom stereocenters. The maximum Gasteiger partial charge on any atom is 0.387 e. The largest absolute Gasteiger partial charge is 0.433 e. The summed E-state index contributed by atoms with van der Waals surface area (Å²) in [6.07, 6.45) is 0. The van der Waals surface area contributed by atoms with Crippen molar-refractivity contribution in [2.24, 2.45) is 0 Å². The summed E-state index contributed by atoms with van der Waals surface area (Å²) in [5.74, 6) is -0.0510. The molecule has 21 heavy (non-hydrogen) atoms. The molecule has 0 unspecified atom stereocenters. The van der Waals surface area contributed by atoms with Crippen molar-refractivity contribution < 1.29 is 13.5 Å². The van der Waals surface area contributed by atoms with Gasteiger partial charge < -0.3 is 10.1 Å². The predicted octanol–water partition coefficient (Wildman–Crippen LogP) is 5.97. The zero-order valence-electron chi connectivity index (χ0n) is 10.5. The molecule has 0 bridgehead atoms. The van der Waals surface area contributed by atoms with E-state index < -0.39 is 6.61 Å². The van der Waals surface area contributed by atoms with Crippen molar-refractivity contribution in [3.8, 4) is 5.75 Å². The molecule has 0 spiro atoms. The monoisotopic (exact) mass is 395 g/mol. The molecule has 0 saturated heterocycles. The van der Waals surface area contributed by atoms with Gasteiger partial charge in [0, 0.05) is 21.7 Å². The van der Waals surface area contributed by atoms with Gasteiger partial charge in [-0.05, 0) is 35.9 Å². The lowest BCUT2D eigenvalue weighted by Crippen LogP contribution is -2.03. The quantitative estimate of drug-likeness (QED) is 0.672. The minimum atomic E-state index is -2.90. The number of hydrogen-bond acceptors (Lipinski definition) is 2. The summed E-state index contributed by atoms with van der Waals surface area (Å²) in [4.78, 5) is 0. The Labute approximate surface area is 139 Å². The normalized spacial score (nSPS) is 10.8. The van der Waals surface area contributed by atoms with Gasteiger partial charge in [-0.25, -0.2) is 0 Å². The maximum absolute atomic E-state index is 12.1. The van der Waals surface area contributed by atoms with Crippen molar-refractivity contribution in [3.05, 3.63) is 56.5 Å². The lowest BCUT2D eigenvalue weighted by molar-refractivity contribution is -0.0497. The van der Waals surface area contributed by atoms with Gasteiger partial charge in [0.2, 0.25) is 0 Å². The average Bonchev–Trinajstić information content (AvgIpc) is 2.40. The molecule has 0 aromatic heterocycles. The van der Waals surface area contributed by atoms with Gasteiger partial charge in [0.05, 0.1) is 5.02 Å². The molecule has 112 valence electrons. The molecule has 0 radical (unpaired) electrons. The average molecular weight is 397 g/mol. The van der Waals surface area contributed by atoms with E-state index in [1.807, 2.05) is 6.07 Å². The summed E-state index contributed by atoms with van der Waals surface area (Å²) in [5.41, 5.74) is 1.70. The number of anilines is 1. The zero-order valence-corrected chi connectivity index (χ0v) is 13.6. The number of benzene rings is 2. The third-order valence-electron chi connectivity index (χ3n) is 2.65. The number of alkyl halides is 2. The van der Waals surface area contributed by atoms with Gasteiger partial charge >= 0.3 is 6.61 Å². The van der Waals surface area contributed by atoms with Crippen molar-refractivity contribution >= 4 is 44.8 Å². The first-order chi connectivity index (χ1) is 9.95. The van der Waals surface area contributed by atoms with E-state index in [1.165, 1.54) is 12.1 Å². The molecule has 2 rings (SSSR count). The smallest absolute Gasteiger partial charge is 0.387 e. The van der Waals surface area contributed by atoms with Crippen LogP contribution in [-0.2, 0) is 6.54 Å². The zero-order chi connectivity index (χ0) is 15.4. The van der Waals surface area contributed by atoms with E-state index in [2.05, 4.69) is 26.0 Å². The molecule has 0 fully saturated rings. The number of nitrogens with one attached hydrogen (secondary N) is 1. The highest BCUT2D eigenvalue weighted by Crippen LogP contribution is 2.29. The van der Waals surface area contributed by atoms with E-state index in [0.717, 1.165) is 10.0 Å². The van der Waals surface area contributed by atoms with Crippen LogP contribution in [0.3, 0.4) is 0 Å². The summed E-state index contributed by atoms with van der Waals surface area (Å²) in [6.45, 7) is -2.37. The van der Waals surface area contributed by atoms with Crippen molar-refractivity contribution in [2.75, 3.05) is 5.32 Å². The van der Waals surface area contributed by atoms with Gasteiger partial charge in [-0.2, -0.15) is 8.78 Å². The second kappa shape index (κ2) is 7.29. The molecular weight excluding hydrogens is 387 g/mol. The molecule has 0 saturated carbocycles. The minimum Gasteiger partial charge on any atom is -0.433 e. The Bertz CT molecular complexity index is 640. The van der Waals surface area contributed by atoms with E-state index in [0.29, 0.717) is 17.3 Å². The van der Waals surface area contributed by atoms with E-state index in [1.54, 1.807) is 18.2 Å². The summed E-state index contributed by atoms with van der Waals surface area (Å²) >= 11 is 15.2. The fourth-order valence-electron chi connectivity index (χ4n) is 1.66. The minimum absolute atomic E-state index is 0.0510. The number of ether oxygens (including phenoxy) is 1. The van der Waals surface area contributed by atoms with Crippen molar-refractivity contribution in [2.45, 2.75) is 13.2 Å². The van der Waals surface area contributed by atoms with Crippen LogP contribution in [0.4, 0.5) is 14.5 Å². The van der Waals surface area contributed by atoms with Crippen LogP contribution >= 0.6 is 39.1 Å².